The minimum absolute atomic E-state index is 0.0785. The van der Waals surface area contributed by atoms with Crippen molar-refractivity contribution in [2.45, 2.75) is 13.3 Å². The Morgan fingerprint density at radius 3 is 2.65 bits per heavy atom. The molecule has 0 aliphatic rings. The minimum Gasteiger partial charge on any atom is -0.360 e. The molecule has 20 heavy (non-hydrogen) atoms. The summed E-state index contributed by atoms with van der Waals surface area (Å²) >= 11 is 0. The summed E-state index contributed by atoms with van der Waals surface area (Å²) in [6.45, 7) is 2.00. The molecule has 1 N–H and O–H groups in total. The summed E-state index contributed by atoms with van der Waals surface area (Å²) in [5.74, 6) is -0.443. The van der Waals surface area contributed by atoms with Crippen LogP contribution in [0.3, 0.4) is 0 Å². The Balaban J connectivity index is 1.95. The van der Waals surface area contributed by atoms with Crippen LogP contribution in [-0.2, 0) is 6.42 Å². The number of carbonyl (C=O) groups is 1. The van der Waals surface area contributed by atoms with Crippen molar-refractivity contribution in [2.24, 2.45) is 0 Å². The van der Waals surface area contributed by atoms with Crippen LogP contribution in [0.15, 0.2) is 48.7 Å². The molecule has 1 aromatic heterocycles. The smallest absolute Gasteiger partial charge is 0.169 e. The Morgan fingerprint density at radius 2 is 1.90 bits per heavy atom. The SMILES string of the molecule is Cc1ccc(CC(=O)c2c[nH]c3cccc(F)c23)cc1. The second-order valence-corrected chi connectivity index (χ2v) is 4.95. The standard InChI is InChI=1S/C17H14FNO/c1-11-5-7-12(8-6-11)9-16(20)13-10-19-15-4-2-3-14(18)17(13)15/h2-8,10,19H,9H2,1H3. The summed E-state index contributed by atoms with van der Waals surface area (Å²) in [4.78, 5) is 15.3. The summed E-state index contributed by atoms with van der Waals surface area (Å²) in [6.07, 6.45) is 1.87. The molecule has 0 spiro atoms. The molecule has 0 aliphatic carbocycles. The molecule has 3 heteroatoms. The van der Waals surface area contributed by atoms with Crippen molar-refractivity contribution in [3.05, 3.63) is 71.2 Å². The fourth-order valence-corrected chi connectivity index (χ4v) is 2.35. The van der Waals surface area contributed by atoms with Crippen molar-refractivity contribution in [3.63, 3.8) is 0 Å². The molecule has 2 nitrogen and oxygen atoms in total. The second-order valence-electron chi connectivity index (χ2n) is 4.95. The number of Topliss-reactive ketones (excluding diaryl/α,β-unsaturated/α-hetero) is 1. The van der Waals surface area contributed by atoms with Crippen LogP contribution in [0.2, 0.25) is 0 Å². The number of hydrogen-bond donors (Lipinski definition) is 1. The van der Waals surface area contributed by atoms with Gasteiger partial charge in [0, 0.05) is 29.1 Å². The van der Waals surface area contributed by atoms with E-state index in [0.29, 0.717) is 16.5 Å². The summed E-state index contributed by atoms with van der Waals surface area (Å²) in [5.41, 5.74) is 3.15. The Hall–Kier alpha value is -2.42. The van der Waals surface area contributed by atoms with E-state index in [1.807, 2.05) is 31.2 Å². The van der Waals surface area contributed by atoms with Gasteiger partial charge in [-0.25, -0.2) is 4.39 Å². The van der Waals surface area contributed by atoms with Gasteiger partial charge in [0.05, 0.1) is 0 Å². The molecule has 0 amide bonds. The van der Waals surface area contributed by atoms with Gasteiger partial charge in [0.2, 0.25) is 0 Å². The number of rotatable bonds is 3. The third-order valence-electron chi connectivity index (χ3n) is 3.44. The van der Waals surface area contributed by atoms with Gasteiger partial charge in [0.25, 0.3) is 0 Å². The molecule has 0 fully saturated rings. The molecular formula is C17H14FNO. The predicted octanol–water partition coefficient (Wildman–Crippen LogP) is 4.04. The first-order chi connectivity index (χ1) is 9.65. The zero-order chi connectivity index (χ0) is 14.1. The van der Waals surface area contributed by atoms with Gasteiger partial charge in [-0.05, 0) is 24.6 Å². The monoisotopic (exact) mass is 267 g/mol. The topological polar surface area (TPSA) is 32.9 Å². The zero-order valence-corrected chi connectivity index (χ0v) is 11.1. The van der Waals surface area contributed by atoms with Crippen LogP contribution >= 0.6 is 0 Å². The van der Waals surface area contributed by atoms with Crippen LogP contribution in [0.4, 0.5) is 4.39 Å². The van der Waals surface area contributed by atoms with Gasteiger partial charge < -0.3 is 4.98 Å². The van der Waals surface area contributed by atoms with E-state index in [2.05, 4.69) is 4.98 Å². The molecule has 0 atom stereocenters. The highest BCUT2D eigenvalue weighted by Gasteiger charge is 2.15. The quantitative estimate of drug-likeness (QED) is 0.714. The normalized spacial score (nSPS) is 10.9. The first kappa shape index (κ1) is 12.6. The average molecular weight is 267 g/mol. The Labute approximate surface area is 116 Å². The third kappa shape index (κ3) is 2.23. The van der Waals surface area contributed by atoms with Gasteiger partial charge in [-0.3, -0.25) is 4.79 Å². The number of aromatic nitrogens is 1. The molecule has 0 saturated heterocycles. The van der Waals surface area contributed by atoms with E-state index < -0.39 is 0 Å². The molecule has 0 bridgehead atoms. The predicted molar refractivity (Wildman–Crippen MR) is 77.5 cm³/mol. The first-order valence-electron chi connectivity index (χ1n) is 6.49. The van der Waals surface area contributed by atoms with Crippen molar-refractivity contribution in [1.29, 1.82) is 0 Å². The molecule has 0 saturated carbocycles. The van der Waals surface area contributed by atoms with Crippen LogP contribution in [-0.4, -0.2) is 10.8 Å². The molecule has 100 valence electrons. The number of aryl methyl sites for hydroxylation is 1. The van der Waals surface area contributed by atoms with Crippen molar-refractivity contribution in [1.82, 2.24) is 4.98 Å². The maximum atomic E-state index is 13.9. The Kier molecular flexibility index (Phi) is 3.11. The van der Waals surface area contributed by atoms with E-state index in [-0.39, 0.29) is 18.0 Å². The van der Waals surface area contributed by atoms with Crippen molar-refractivity contribution >= 4 is 16.7 Å². The third-order valence-corrected chi connectivity index (χ3v) is 3.44. The number of fused-ring (bicyclic) bond motifs is 1. The summed E-state index contributed by atoms with van der Waals surface area (Å²) in [7, 11) is 0. The van der Waals surface area contributed by atoms with Crippen LogP contribution in [0, 0.1) is 12.7 Å². The van der Waals surface area contributed by atoms with E-state index in [1.54, 1.807) is 18.3 Å². The van der Waals surface area contributed by atoms with Gasteiger partial charge >= 0.3 is 0 Å². The van der Waals surface area contributed by atoms with E-state index >= 15 is 0 Å². The number of benzene rings is 2. The first-order valence-corrected chi connectivity index (χ1v) is 6.49. The number of hydrogen-bond acceptors (Lipinski definition) is 1. The van der Waals surface area contributed by atoms with E-state index in [0.717, 1.165) is 11.1 Å². The van der Waals surface area contributed by atoms with Gasteiger partial charge in [0.1, 0.15) is 5.82 Å². The molecular weight excluding hydrogens is 253 g/mol. The molecule has 3 rings (SSSR count). The Bertz CT molecular complexity index is 771. The lowest BCUT2D eigenvalue weighted by Crippen LogP contribution is -2.03. The number of nitrogens with one attached hydrogen (secondary N) is 1. The molecule has 3 aromatic rings. The maximum absolute atomic E-state index is 13.9. The van der Waals surface area contributed by atoms with E-state index in [1.165, 1.54) is 6.07 Å². The molecule has 0 aliphatic heterocycles. The van der Waals surface area contributed by atoms with Gasteiger partial charge in [-0.1, -0.05) is 35.9 Å². The van der Waals surface area contributed by atoms with Crippen molar-refractivity contribution < 1.29 is 9.18 Å². The lowest BCUT2D eigenvalue weighted by molar-refractivity contribution is 0.0994. The zero-order valence-electron chi connectivity index (χ0n) is 11.1. The van der Waals surface area contributed by atoms with E-state index in [9.17, 15) is 9.18 Å². The summed E-state index contributed by atoms with van der Waals surface area (Å²) in [6, 6.07) is 12.6. The minimum atomic E-state index is -0.365. The van der Waals surface area contributed by atoms with Crippen molar-refractivity contribution in [3.8, 4) is 0 Å². The maximum Gasteiger partial charge on any atom is 0.169 e. The van der Waals surface area contributed by atoms with Crippen LogP contribution < -0.4 is 0 Å². The highest BCUT2D eigenvalue weighted by atomic mass is 19.1. The number of H-pyrrole nitrogens is 1. The van der Waals surface area contributed by atoms with Crippen LogP contribution in [0.5, 0.6) is 0 Å². The molecule has 0 unspecified atom stereocenters. The number of ketones is 1. The van der Waals surface area contributed by atoms with Gasteiger partial charge in [-0.15, -0.1) is 0 Å². The van der Waals surface area contributed by atoms with Crippen molar-refractivity contribution in [2.75, 3.05) is 0 Å². The lowest BCUT2D eigenvalue weighted by Gasteiger charge is -2.02. The van der Waals surface area contributed by atoms with Gasteiger partial charge in [-0.2, -0.15) is 0 Å². The second kappa shape index (κ2) is 4.93. The fourth-order valence-electron chi connectivity index (χ4n) is 2.35. The fraction of sp³-hybridized carbons (Fsp3) is 0.118. The average Bonchev–Trinajstić information content (AvgIpc) is 2.87. The van der Waals surface area contributed by atoms with Crippen LogP contribution in [0.1, 0.15) is 21.5 Å². The van der Waals surface area contributed by atoms with Gasteiger partial charge in [0.15, 0.2) is 5.78 Å². The number of aromatic amines is 1. The van der Waals surface area contributed by atoms with Crippen LogP contribution in [0.25, 0.3) is 10.9 Å². The summed E-state index contributed by atoms with van der Waals surface area (Å²) in [5, 5.41) is 0.379. The lowest BCUT2D eigenvalue weighted by atomic mass is 10.0. The highest BCUT2D eigenvalue weighted by molar-refractivity contribution is 6.08. The number of halogens is 1. The largest absolute Gasteiger partial charge is 0.360 e. The Morgan fingerprint density at radius 1 is 1.15 bits per heavy atom. The number of carbonyl (C=O) groups excluding carboxylic acids is 1. The highest BCUT2D eigenvalue weighted by Crippen LogP contribution is 2.23. The molecule has 0 radical (unpaired) electrons. The van der Waals surface area contributed by atoms with E-state index in [4.69, 9.17) is 0 Å². The molecule has 1 heterocycles. The molecule has 2 aromatic carbocycles. The summed E-state index contributed by atoms with van der Waals surface area (Å²) < 4.78 is 13.9.